The molecule has 3 nitrogen and oxygen atoms in total. The van der Waals surface area contributed by atoms with Crippen molar-refractivity contribution in [3.8, 4) is 0 Å². The lowest BCUT2D eigenvalue weighted by atomic mass is 10.1. The smallest absolute Gasteiger partial charge is 0.257 e. The summed E-state index contributed by atoms with van der Waals surface area (Å²) in [5.74, 6) is -0.549. The number of hydrogen-bond acceptors (Lipinski definition) is 2. The van der Waals surface area contributed by atoms with Crippen LogP contribution in [0.1, 0.15) is 10.4 Å². The van der Waals surface area contributed by atoms with E-state index in [1.54, 1.807) is 25.2 Å². The van der Waals surface area contributed by atoms with Crippen LogP contribution >= 0.6 is 22.6 Å². The van der Waals surface area contributed by atoms with Crippen molar-refractivity contribution >= 4 is 39.9 Å². The predicted octanol–water partition coefficient (Wildman–Crippen LogP) is 3.72. The molecular formula is C14H12FIN2O. The van der Waals surface area contributed by atoms with E-state index in [4.69, 9.17) is 0 Å². The lowest BCUT2D eigenvalue weighted by Crippen LogP contribution is -2.14. The van der Waals surface area contributed by atoms with Crippen molar-refractivity contribution in [1.29, 1.82) is 0 Å². The number of halogens is 2. The van der Waals surface area contributed by atoms with Crippen LogP contribution in [0.15, 0.2) is 42.5 Å². The second kappa shape index (κ2) is 6.01. The van der Waals surface area contributed by atoms with Crippen molar-refractivity contribution in [2.45, 2.75) is 0 Å². The summed E-state index contributed by atoms with van der Waals surface area (Å²) in [6, 6.07) is 11.5. The molecule has 0 saturated carbocycles. The van der Waals surface area contributed by atoms with Crippen LogP contribution in [-0.4, -0.2) is 13.0 Å². The van der Waals surface area contributed by atoms with Gasteiger partial charge in [-0.15, -0.1) is 0 Å². The van der Waals surface area contributed by atoms with Crippen LogP contribution in [0, 0.1) is 9.39 Å². The fourth-order valence-electron chi connectivity index (χ4n) is 1.68. The molecular weight excluding hydrogens is 358 g/mol. The van der Waals surface area contributed by atoms with Crippen molar-refractivity contribution in [3.63, 3.8) is 0 Å². The molecule has 2 aromatic carbocycles. The molecule has 0 aromatic heterocycles. The summed E-state index contributed by atoms with van der Waals surface area (Å²) in [5, 5.41) is 5.74. The molecule has 0 bridgehead atoms. The number of benzene rings is 2. The molecule has 0 aliphatic heterocycles. The largest absolute Gasteiger partial charge is 0.387 e. The first-order valence-corrected chi connectivity index (χ1v) is 6.73. The maximum Gasteiger partial charge on any atom is 0.257 e. The van der Waals surface area contributed by atoms with Crippen molar-refractivity contribution in [1.82, 2.24) is 0 Å². The van der Waals surface area contributed by atoms with Gasteiger partial charge in [0.1, 0.15) is 5.82 Å². The molecule has 0 aliphatic rings. The third-order valence-electron chi connectivity index (χ3n) is 2.62. The molecule has 2 rings (SSSR count). The number of nitrogens with one attached hydrogen (secondary N) is 2. The van der Waals surface area contributed by atoms with Crippen LogP contribution in [-0.2, 0) is 0 Å². The van der Waals surface area contributed by atoms with Crippen molar-refractivity contribution in [3.05, 3.63) is 57.4 Å². The molecule has 0 saturated heterocycles. The molecule has 1 amide bonds. The average molecular weight is 370 g/mol. The van der Waals surface area contributed by atoms with Gasteiger partial charge < -0.3 is 10.6 Å². The predicted molar refractivity (Wildman–Crippen MR) is 83.1 cm³/mol. The second-order valence-electron chi connectivity index (χ2n) is 3.87. The van der Waals surface area contributed by atoms with Gasteiger partial charge in [0.15, 0.2) is 0 Å². The molecule has 2 aromatic rings. The fraction of sp³-hybridized carbons (Fsp3) is 0.0714. The van der Waals surface area contributed by atoms with Crippen LogP contribution in [0.3, 0.4) is 0 Å². The van der Waals surface area contributed by atoms with E-state index in [0.717, 1.165) is 5.69 Å². The molecule has 0 atom stereocenters. The van der Waals surface area contributed by atoms with E-state index in [-0.39, 0.29) is 11.7 Å². The number of rotatable bonds is 3. The third kappa shape index (κ3) is 3.23. The van der Waals surface area contributed by atoms with Gasteiger partial charge in [0.05, 0.1) is 11.3 Å². The van der Waals surface area contributed by atoms with Gasteiger partial charge in [0.2, 0.25) is 0 Å². The van der Waals surface area contributed by atoms with Crippen LogP contribution in [0.5, 0.6) is 0 Å². The van der Waals surface area contributed by atoms with E-state index in [1.807, 2.05) is 34.7 Å². The molecule has 19 heavy (non-hydrogen) atoms. The van der Waals surface area contributed by atoms with Gasteiger partial charge in [-0.2, -0.15) is 0 Å². The Hall–Kier alpha value is -1.63. The van der Waals surface area contributed by atoms with E-state index in [9.17, 15) is 9.18 Å². The Bertz CT molecular complexity index is 616. The molecule has 0 heterocycles. The zero-order valence-electron chi connectivity index (χ0n) is 10.2. The van der Waals surface area contributed by atoms with Gasteiger partial charge in [0, 0.05) is 16.3 Å². The minimum atomic E-state index is -0.321. The van der Waals surface area contributed by atoms with Gasteiger partial charge in [-0.1, -0.05) is 12.1 Å². The summed E-state index contributed by atoms with van der Waals surface area (Å²) >= 11 is 1.99. The lowest BCUT2D eigenvalue weighted by molar-refractivity contribution is 0.102. The van der Waals surface area contributed by atoms with Crippen molar-refractivity contribution < 1.29 is 9.18 Å². The fourth-order valence-corrected chi connectivity index (χ4v) is 2.29. The van der Waals surface area contributed by atoms with Gasteiger partial charge in [-0.25, -0.2) is 4.39 Å². The Morgan fingerprint density at radius 1 is 1.16 bits per heavy atom. The Labute approximate surface area is 124 Å². The Morgan fingerprint density at radius 2 is 1.89 bits per heavy atom. The summed E-state index contributed by atoms with van der Waals surface area (Å²) in [5.41, 5.74) is 1.89. The molecule has 5 heteroatoms. The second-order valence-corrected chi connectivity index (χ2v) is 5.04. The molecule has 2 N–H and O–H groups in total. The normalized spacial score (nSPS) is 10.1. The van der Waals surface area contributed by atoms with Crippen LogP contribution in [0.2, 0.25) is 0 Å². The van der Waals surface area contributed by atoms with Gasteiger partial charge in [0.25, 0.3) is 5.91 Å². The molecule has 0 aliphatic carbocycles. The molecule has 0 spiro atoms. The Kier molecular flexibility index (Phi) is 4.36. The SMILES string of the molecule is CNc1ccccc1C(=O)Nc1ccc(F)cc1I. The topological polar surface area (TPSA) is 41.1 Å². The van der Waals surface area contributed by atoms with Crippen molar-refractivity contribution in [2.75, 3.05) is 17.7 Å². The zero-order valence-corrected chi connectivity index (χ0v) is 12.4. The number of anilines is 2. The minimum absolute atomic E-state index is 0.227. The molecule has 0 fully saturated rings. The first-order valence-electron chi connectivity index (χ1n) is 5.65. The summed E-state index contributed by atoms with van der Waals surface area (Å²) < 4.78 is 13.7. The summed E-state index contributed by atoms with van der Waals surface area (Å²) in [7, 11) is 1.76. The minimum Gasteiger partial charge on any atom is -0.387 e. The van der Waals surface area contributed by atoms with Crippen LogP contribution < -0.4 is 10.6 Å². The Morgan fingerprint density at radius 3 is 2.58 bits per heavy atom. The van der Waals surface area contributed by atoms with Crippen LogP contribution in [0.25, 0.3) is 0 Å². The molecule has 0 unspecified atom stereocenters. The number of hydrogen-bond donors (Lipinski definition) is 2. The number of amides is 1. The number of carbonyl (C=O) groups is 1. The lowest BCUT2D eigenvalue weighted by Gasteiger charge is -2.10. The van der Waals surface area contributed by atoms with Gasteiger partial charge in [-0.05, 0) is 52.9 Å². The average Bonchev–Trinajstić information content (AvgIpc) is 2.41. The quantitative estimate of drug-likeness (QED) is 0.809. The molecule has 0 radical (unpaired) electrons. The third-order valence-corrected chi connectivity index (χ3v) is 3.51. The monoisotopic (exact) mass is 370 g/mol. The van der Waals surface area contributed by atoms with E-state index >= 15 is 0 Å². The molecule has 98 valence electrons. The first kappa shape index (κ1) is 13.8. The maximum absolute atomic E-state index is 13.0. The summed E-state index contributed by atoms with van der Waals surface area (Å²) in [6.07, 6.45) is 0. The highest BCUT2D eigenvalue weighted by atomic mass is 127. The number of carbonyl (C=O) groups excluding carboxylic acids is 1. The van der Waals surface area contributed by atoms with E-state index in [1.165, 1.54) is 12.1 Å². The van der Waals surface area contributed by atoms with Crippen molar-refractivity contribution in [2.24, 2.45) is 0 Å². The number of para-hydroxylation sites is 1. The van der Waals surface area contributed by atoms with Gasteiger partial charge >= 0.3 is 0 Å². The van der Waals surface area contributed by atoms with Crippen LogP contribution in [0.4, 0.5) is 15.8 Å². The maximum atomic E-state index is 13.0. The highest BCUT2D eigenvalue weighted by Gasteiger charge is 2.11. The highest BCUT2D eigenvalue weighted by molar-refractivity contribution is 14.1. The standard InChI is InChI=1S/C14H12FIN2O/c1-17-12-5-3-2-4-10(12)14(19)18-13-7-6-9(15)8-11(13)16/h2-8,17H,1H3,(H,18,19). The van der Waals surface area contributed by atoms with E-state index in [2.05, 4.69) is 10.6 Å². The Balaban J connectivity index is 2.26. The summed E-state index contributed by atoms with van der Waals surface area (Å²) in [4.78, 5) is 12.2. The zero-order chi connectivity index (χ0) is 13.8. The summed E-state index contributed by atoms with van der Waals surface area (Å²) in [6.45, 7) is 0. The van der Waals surface area contributed by atoms with E-state index in [0.29, 0.717) is 14.8 Å². The van der Waals surface area contributed by atoms with Gasteiger partial charge in [-0.3, -0.25) is 4.79 Å². The van der Waals surface area contributed by atoms with E-state index < -0.39 is 0 Å². The highest BCUT2D eigenvalue weighted by Crippen LogP contribution is 2.21. The first-order chi connectivity index (χ1) is 9.11.